The maximum Gasteiger partial charge on any atom is 0.0492 e. The first-order valence-electron chi connectivity index (χ1n) is 7.36. The van der Waals surface area contributed by atoms with Crippen LogP contribution >= 0.6 is 0 Å². The molecule has 4 nitrogen and oxygen atoms in total. The van der Waals surface area contributed by atoms with Crippen molar-refractivity contribution in [2.45, 2.75) is 13.0 Å². The molecule has 1 aliphatic heterocycles. The SMILES string of the molecule is C1=C(c2c[nH]c3ccccc23)CCN(Cc2ccn[nH]2)C1. The third-order valence-electron chi connectivity index (χ3n) is 4.18. The number of rotatable bonds is 3. The highest BCUT2D eigenvalue weighted by atomic mass is 15.2. The number of nitrogens with one attached hydrogen (secondary N) is 2. The standard InChI is InChI=1S/C17H18N4/c1-2-4-17-15(3-1)16(11-18-17)13-6-9-21(10-7-13)12-14-5-8-19-20-14/h1-6,8,11,18H,7,9-10,12H2,(H,19,20). The van der Waals surface area contributed by atoms with E-state index < -0.39 is 0 Å². The number of fused-ring (bicyclic) bond motifs is 1. The van der Waals surface area contributed by atoms with E-state index >= 15 is 0 Å². The third-order valence-corrected chi connectivity index (χ3v) is 4.18. The molecule has 0 radical (unpaired) electrons. The molecule has 106 valence electrons. The largest absolute Gasteiger partial charge is 0.361 e. The fourth-order valence-electron chi connectivity index (χ4n) is 3.05. The van der Waals surface area contributed by atoms with E-state index in [2.05, 4.69) is 56.6 Å². The zero-order valence-corrected chi connectivity index (χ0v) is 11.8. The van der Waals surface area contributed by atoms with Gasteiger partial charge < -0.3 is 4.98 Å². The van der Waals surface area contributed by atoms with Gasteiger partial charge in [-0.15, -0.1) is 0 Å². The van der Waals surface area contributed by atoms with Crippen LogP contribution in [-0.2, 0) is 6.54 Å². The molecule has 2 aromatic heterocycles. The predicted octanol–water partition coefficient (Wildman–Crippen LogP) is 3.18. The lowest BCUT2D eigenvalue weighted by Gasteiger charge is -2.25. The second kappa shape index (κ2) is 5.22. The van der Waals surface area contributed by atoms with Gasteiger partial charge in [-0.05, 0) is 24.1 Å². The zero-order chi connectivity index (χ0) is 14.1. The maximum atomic E-state index is 4.01. The summed E-state index contributed by atoms with van der Waals surface area (Å²) in [6.45, 7) is 3.02. The Morgan fingerprint density at radius 3 is 2.95 bits per heavy atom. The summed E-state index contributed by atoms with van der Waals surface area (Å²) in [5.74, 6) is 0. The Morgan fingerprint density at radius 1 is 1.19 bits per heavy atom. The van der Waals surface area contributed by atoms with Gasteiger partial charge in [0.25, 0.3) is 0 Å². The van der Waals surface area contributed by atoms with Crippen molar-refractivity contribution in [3.63, 3.8) is 0 Å². The Bertz CT molecular complexity index is 767. The van der Waals surface area contributed by atoms with E-state index in [0.29, 0.717) is 0 Å². The molecule has 0 bridgehead atoms. The summed E-state index contributed by atoms with van der Waals surface area (Å²) >= 11 is 0. The molecule has 0 aliphatic carbocycles. The van der Waals surface area contributed by atoms with Gasteiger partial charge in [-0.25, -0.2) is 0 Å². The van der Waals surface area contributed by atoms with Gasteiger partial charge in [0.05, 0.1) is 0 Å². The molecule has 4 heteroatoms. The molecule has 1 aromatic carbocycles. The first-order valence-corrected chi connectivity index (χ1v) is 7.36. The summed E-state index contributed by atoms with van der Waals surface area (Å²) in [5.41, 5.74) is 5.20. The molecular formula is C17H18N4. The number of benzene rings is 1. The summed E-state index contributed by atoms with van der Waals surface area (Å²) in [6, 6.07) is 10.5. The Hall–Kier alpha value is -2.33. The number of para-hydroxylation sites is 1. The van der Waals surface area contributed by atoms with Gasteiger partial charge in [0.1, 0.15) is 0 Å². The van der Waals surface area contributed by atoms with Crippen LogP contribution in [0.3, 0.4) is 0 Å². The van der Waals surface area contributed by atoms with Crippen LogP contribution in [0.1, 0.15) is 17.7 Å². The van der Waals surface area contributed by atoms with Crippen molar-refractivity contribution in [1.82, 2.24) is 20.1 Å². The van der Waals surface area contributed by atoms with E-state index in [9.17, 15) is 0 Å². The van der Waals surface area contributed by atoms with Crippen LogP contribution in [0.5, 0.6) is 0 Å². The molecule has 3 heterocycles. The predicted molar refractivity (Wildman–Crippen MR) is 84.8 cm³/mol. The van der Waals surface area contributed by atoms with Gasteiger partial charge in [-0.3, -0.25) is 10.00 Å². The Balaban J connectivity index is 1.54. The van der Waals surface area contributed by atoms with Crippen molar-refractivity contribution < 1.29 is 0 Å². The lowest BCUT2D eigenvalue weighted by atomic mass is 9.99. The van der Waals surface area contributed by atoms with Crippen LogP contribution in [0.4, 0.5) is 0 Å². The van der Waals surface area contributed by atoms with Crippen molar-refractivity contribution in [2.75, 3.05) is 13.1 Å². The molecule has 0 spiro atoms. The molecule has 0 fully saturated rings. The molecule has 1 aliphatic rings. The molecule has 3 aromatic rings. The van der Waals surface area contributed by atoms with Crippen LogP contribution < -0.4 is 0 Å². The van der Waals surface area contributed by atoms with Crippen LogP contribution in [-0.4, -0.2) is 33.2 Å². The summed E-state index contributed by atoms with van der Waals surface area (Å²) in [7, 11) is 0. The van der Waals surface area contributed by atoms with Gasteiger partial charge in [-0.2, -0.15) is 5.10 Å². The molecular weight excluding hydrogens is 260 g/mol. The normalized spacial score (nSPS) is 16.3. The number of nitrogens with zero attached hydrogens (tertiary/aromatic N) is 2. The monoisotopic (exact) mass is 278 g/mol. The molecule has 0 saturated heterocycles. The van der Waals surface area contributed by atoms with Crippen molar-refractivity contribution >= 4 is 16.5 Å². The summed E-state index contributed by atoms with van der Waals surface area (Å²) in [4.78, 5) is 5.80. The van der Waals surface area contributed by atoms with E-state index in [1.54, 1.807) is 0 Å². The van der Waals surface area contributed by atoms with Crippen LogP contribution in [0.2, 0.25) is 0 Å². The summed E-state index contributed by atoms with van der Waals surface area (Å²) < 4.78 is 0. The fourth-order valence-corrected chi connectivity index (χ4v) is 3.05. The lowest BCUT2D eigenvalue weighted by molar-refractivity contribution is 0.290. The number of hydrogen-bond donors (Lipinski definition) is 2. The average Bonchev–Trinajstić information content (AvgIpc) is 3.17. The molecule has 0 amide bonds. The van der Waals surface area contributed by atoms with Crippen LogP contribution in [0, 0.1) is 0 Å². The van der Waals surface area contributed by atoms with Gasteiger partial charge >= 0.3 is 0 Å². The smallest absolute Gasteiger partial charge is 0.0492 e. The minimum Gasteiger partial charge on any atom is -0.361 e. The van der Waals surface area contributed by atoms with E-state index in [1.165, 1.54) is 27.7 Å². The maximum absolute atomic E-state index is 4.01. The first kappa shape index (κ1) is 12.4. The Morgan fingerprint density at radius 2 is 2.14 bits per heavy atom. The third kappa shape index (κ3) is 2.38. The summed E-state index contributed by atoms with van der Waals surface area (Å²) in [6.07, 6.45) is 7.40. The van der Waals surface area contributed by atoms with Gasteiger partial charge in [0.2, 0.25) is 0 Å². The Labute approximate surface area is 123 Å². The molecule has 0 unspecified atom stereocenters. The van der Waals surface area contributed by atoms with Crippen molar-refractivity contribution in [3.05, 3.63) is 60.1 Å². The summed E-state index contributed by atoms with van der Waals surface area (Å²) in [5, 5.41) is 8.36. The van der Waals surface area contributed by atoms with Gasteiger partial charge in [0, 0.05) is 54.2 Å². The van der Waals surface area contributed by atoms with Crippen molar-refractivity contribution in [1.29, 1.82) is 0 Å². The highest BCUT2D eigenvalue weighted by molar-refractivity contribution is 5.92. The number of aromatic nitrogens is 3. The second-order valence-electron chi connectivity index (χ2n) is 5.54. The Kier molecular flexibility index (Phi) is 3.09. The first-order chi connectivity index (χ1) is 10.4. The van der Waals surface area contributed by atoms with Crippen molar-refractivity contribution in [3.8, 4) is 0 Å². The van der Waals surface area contributed by atoms with Crippen LogP contribution in [0.15, 0.2) is 48.8 Å². The average molecular weight is 278 g/mol. The fraction of sp³-hybridized carbons (Fsp3) is 0.235. The molecule has 0 atom stereocenters. The van der Waals surface area contributed by atoms with Crippen LogP contribution in [0.25, 0.3) is 16.5 Å². The number of aromatic amines is 2. The topological polar surface area (TPSA) is 47.7 Å². The molecule has 0 saturated carbocycles. The number of hydrogen-bond acceptors (Lipinski definition) is 2. The highest BCUT2D eigenvalue weighted by Gasteiger charge is 2.15. The van der Waals surface area contributed by atoms with E-state index in [4.69, 9.17) is 0 Å². The number of H-pyrrole nitrogens is 2. The van der Waals surface area contributed by atoms with Gasteiger partial charge in [0.15, 0.2) is 0 Å². The van der Waals surface area contributed by atoms with E-state index in [-0.39, 0.29) is 0 Å². The van der Waals surface area contributed by atoms with Crippen molar-refractivity contribution in [2.24, 2.45) is 0 Å². The molecule has 21 heavy (non-hydrogen) atoms. The molecule has 4 rings (SSSR count). The van der Waals surface area contributed by atoms with E-state index in [1.807, 2.05) is 12.3 Å². The van der Waals surface area contributed by atoms with E-state index in [0.717, 1.165) is 26.1 Å². The molecule has 2 N–H and O–H groups in total. The zero-order valence-electron chi connectivity index (χ0n) is 11.8. The lowest BCUT2D eigenvalue weighted by Crippen LogP contribution is -2.28. The highest BCUT2D eigenvalue weighted by Crippen LogP contribution is 2.29. The minimum atomic E-state index is 0.942. The second-order valence-corrected chi connectivity index (χ2v) is 5.54. The van der Waals surface area contributed by atoms with Gasteiger partial charge in [-0.1, -0.05) is 24.3 Å². The minimum absolute atomic E-state index is 0.942. The quantitative estimate of drug-likeness (QED) is 0.773.